The maximum absolute atomic E-state index is 11.7. The van der Waals surface area contributed by atoms with E-state index in [0.29, 0.717) is 22.9 Å². The highest BCUT2D eigenvalue weighted by molar-refractivity contribution is 6.63. The second-order valence-electron chi connectivity index (χ2n) is 9.62. The van der Waals surface area contributed by atoms with Crippen molar-refractivity contribution in [3.8, 4) is 5.75 Å². The molecule has 0 aromatic heterocycles. The SMILES string of the molecule is CC1(C)C=Cc2c(ccc(B3OC(C)(C)C(C)(C)O3)c2[N+](=O)[O-])O1.CC1CCCO1. The highest BCUT2D eigenvalue weighted by Crippen LogP contribution is 2.40. The van der Waals surface area contributed by atoms with E-state index in [-0.39, 0.29) is 5.69 Å². The molecule has 164 valence electrons. The molecule has 2 fully saturated rings. The number of nitro groups is 1. The van der Waals surface area contributed by atoms with Crippen LogP contribution in [0, 0.1) is 10.1 Å². The molecule has 1 unspecified atom stereocenters. The minimum absolute atomic E-state index is 0.0299. The van der Waals surface area contributed by atoms with Gasteiger partial charge in [0.25, 0.3) is 5.69 Å². The lowest BCUT2D eigenvalue weighted by Gasteiger charge is -2.32. The summed E-state index contributed by atoms with van der Waals surface area (Å²) in [6, 6.07) is 3.41. The Hall–Kier alpha value is -1.90. The standard InChI is InChI=1S/C17H22BNO5.C5H10O/c1-15(2)10-9-11-13(22-15)8-7-12(14(11)19(20)21)18-23-16(3,4)17(5,6)24-18;1-5-3-2-4-6-5/h7-10H,1-6H3;5H,2-4H2,1H3. The number of nitro benzene ring substituents is 1. The van der Waals surface area contributed by atoms with Crippen molar-refractivity contribution in [1.29, 1.82) is 0 Å². The predicted octanol–water partition coefficient (Wildman–Crippen LogP) is 4.26. The third kappa shape index (κ3) is 4.55. The van der Waals surface area contributed by atoms with Gasteiger partial charge in [0, 0.05) is 6.61 Å². The molecule has 30 heavy (non-hydrogen) atoms. The molecule has 0 aliphatic carbocycles. The first-order valence-corrected chi connectivity index (χ1v) is 10.5. The Bertz CT molecular complexity index is 826. The van der Waals surface area contributed by atoms with Gasteiger partial charge in [-0.3, -0.25) is 10.1 Å². The van der Waals surface area contributed by atoms with Crippen LogP contribution in [0.1, 0.15) is 66.9 Å². The summed E-state index contributed by atoms with van der Waals surface area (Å²) < 4.78 is 23.0. The van der Waals surface area contributed by atoms with Crippen LogP contribution < -0.4 is 10.2 Å². The summed E-state index contributed by atoms with van der Waals surface area (Å²) in [6.45, 7) is 14.6. The van der Waals surface area contributed by atoms with Gasteiger partial charge < -0.3 is 18.8 Å². The van der Waals surface area contributed by atoms with E-state index in [0.717, 1.165) is 6.61 Å². The molecule has 1 atom stereocenters. The van der Waals surface area contributed by atoms with E-state index in [9.17, 15) is 10.1 Å². The van der Waals surface area contributed by atoms with Gasteiger partial charge in [-0.15, -0.1) is 0 Å². The number of benzene rings is 1. The van der Waals surface area contributed by atoms with Gasteiger partial charge in [-0.25, -0.2) is 0 Å². The van der Waals surface area contributed by atoms with Crippen LogP contribution in [0.2, 0.25) is 0 Å². The van der Waals surface area contributed by atoms with Crippen molar-refractivity contribution in [1.82, 2.24) is 0 Å². The van der Waals surface area contributed by atoms with E-state index in [4.69, 9.17) is 18.8 Å². The first kappa shape index (κ1) is 22.8. The average molecular weight is 417 g/mol. The van der Waals surface area contributed by atoms with Crippen LogP contribution in [0.25, 0.3) is 6.08 Å². The predicted molar refractivity (Wildman–Crippen MR) is 117 cm³/mol. The van der Waals surface area contributed by atoms with E-state index in [1.807, 2.05) is 47.6 Å². The Morgan fingerprint density at radius 3 is 2.20 bits per heavy atom. The van der Waals surface area contributed by atoms with Crippen molar-refractivity contribution in [3.05, 3.63) is 33.9 Å². The van der Waals surface area contributed by atoms with Gasteiger partial charge in [0.2, 0.25) is 0 Å². The zero-order valence-corrected chi connectivity index (χ0v) is 19.0. The third-order valence-electron chi connectivity index (χ3n) is 6.08. The van der Waals surface area contributed by atoms with Crippen molar-refractivity contribution in [2.45, 2.75) is 84.2 Å². The van der Waals surface area contributed by atoms with Crippen LogP contribution in [-0.2, 0) is 14.0 Å². The number of rotatable bonds is 2. The summed E-state index contributed by atoms with van der Waals surface area (Å²) >= 11 is 0. The fraction of sp³-hybridized carbons (Fsp3) is 0.636. The third-order valence-corrected chi connectivity index (χ3v) is 6.08. The highest BCUT2D eigenvalue weighted by Gasteiger charge is 2.53. The lowest BCUT2D eigenvalue weighted by atomic mass is 9.76. The first-order valence-electron chi connectivity index (χ1n) is 10.5. The molecular formula is C22H32BNO6. The summed E-state index contributed by atoms with van der Waals surface area (Å²) in [5.74, 6) is 0.495. The van der Waals surface area contributed by atoms with Gasteiger partial charge in [0.1, 0.15) is 11.4 Å². The molecule has 0 bridgehead atoms. The molecule has 1 aromatic carbocycles. The quantitative estimate of drug-likeness (QED) is 0.406. The van der Waals surface area contributed by atoms with Gasteiger partial charge in [0.05, 0.1) is 33.3 Å². The van der Waals surface area contributed by atoms with Crippen LogP contribution in [0.5, 0.6) is 5.75 Å². The number of fused-ring (bicyclic) bond motifs is 1. The molecule has 8 heteroatoms. The van der Waals surface area contributed by atoms with Crippen molar-refractivity contribution in [2.75, 3.05) is 6.61 Å². The second-order valence-corrected chi connectivity index (χ2v) is 9.62. The summed E-state index contributed by atoms with van der Waals surface area (Å²) in [7, 11) is -0.788. The molecular weight excluding hydrogens is 385 g/mol. The zero-order chi connectivity index (χ0) is 22.3. The molecule has 1 aromatic rings. The molecule has 3 aliphatic heterocycles. The van der Waals surface area contributed by atoms with E-state index in [2.05, 4.69) is 6.92 Å². The number of hydrogen-bond acceptors (Lipinski definition) is 6. The molecule has 3 aliphatic rings. The Kier molecular flexibility index (Phi) is 6.06. The lowest BCUT2D eigenvalue weighted by Crippen LogP contribution is -2.41. The van der Waals surface area contributed by atoms with E-state index >= 15 is 0 Å². The lowest BCUT2D eigenvalue weighted by molar-refractivity contribution is -0.384. The monoisotopic (exact) mass is 417 g/mol. The Balaban J connectivity index is 0.000000367. The van der Waals surface area contributed by atoms with Crippen LogP contribution in [0.15, 0.2) is 18.2 Å². The molecule has 0 saturated carbocycles. The smallest absolute Gasteiger partial charge is 0.483 e. The fourth-order valence-corrected chi connectivity index (χ4v) is 3.56. The molecule has 0 N–H and O–H groups in total. The van der Waals surface area contributed by atoms with Crippen molar-refractivity contribution >= 4 is 24.3 Å². The second kappa shape index (κ2) is 7.98. The molecule has 0 spiro atoms. The maximum Gasteiger partial charge on any atom is 0.501 e. The van der Waals surface area contributed by atoms with Gasteiger partial charge in [-0.1, -0.05) is 6.07 Å². The molecule has 2 saturated heterocycles. The summed E-state index contributed by atoms with van der Waals surface area (Å²) in [5, 5.41) is 11.7. The van der Waals surface area contributed by atoms with E-state index in [1.165, 1.54) is 12.8 Å². The molecule has 0 amide bonds. The summed E-state index contributed by atoms with van der Waals surface area (Å²) in [5.41, 5.74) is -0.784. The van der Waals surface area contributed by atoms with Crippen molar-refractivity contribution in [3.63, 3.8) is 0 Å². The number of ether oxygens (including phenoxy) is 2. The van der Waals surface area contributed by atoms with Crippen LogP contribution >= 0.6 is 0 Å². The normalized spacial score (nSPS) is 25.2. The summed E-state index contributed by atoms with van der Waals surface area (Å²) in [4.78, 5) is 11.3. The topological polar surface area (TPSA) is 80.1 Å². The van der Waals surface area contributed by atoms with Crippen molar-refractivity contribution < 1.29 is 23.7 Å². The Labute approximate surface area is 179 Å². The van der Waals surface area contributed by atoms with Crippen LogP contribution in [-0.4, -0.2) is 41.6 Å². The van der Waals surface area contributed by atoms with E-state index in [1.54, 1.807) is 18.2 Å². The van der Waals surface area contributed by atoms with Gasteiger partial charge in [-0.05, 0) is 79.5 Å². The van der Waals surface area contributed by atoms with Gasteiger partial charge in [-0.2, -0.15) is 0 Å². The summed E-state index contributed by atoms with van der Waals surface area (Å²) in [6.07, 6.45) is 6.63. The van der Waals surface area contributed by atoms with Crippen LogP contribution in [0.4, 0.5) is 5.69 Å². The minimum Gasteiger partial charge on any atom is -0.483 e. The van der Waals surface area contributed by atoms with Gasteiger partial charge in [0.15, 0.2) is 0 Å². The maximum atomic E-state index is 11.7. The van der Waals surface area contributed by atoms with E-state index < -0.39 is 28.8 Å². The Morgan fingerprint density at radius 2 is 1.73 bits per heavy atom. The highest BCUT2D eigenvalue weighted by atomic mass is 16.7. The van der Waals surface area contributed by atoms with Crippen LogP contribution in [0.3, 0.4) is 0 Å². The molecule has 7 nitrogen and oxygen atoms in total. The Morgan fingerprint density at radius 1 is 1.10 bits per heavy atom. The average Bonchev–Trinajstić information content (AvgIpc) is 3.17. The molecule has 4 rings (SSSR count). The largest absolute Gasteiger partial charge is 0.501 e. The first-order chi connectivity index (χ1) is 13.8. The molecule has 3 heterocycles. The fourth-order valence-electron chi connectivity index (χ4n) is 3.56. The minimum atomic E-state index is -0.788. The van der Waals surface area contributed by atoms with Crippen molar-refractivity contribution in [2.24, 2.45) is 0 Å². The molecule has 0 radical (unpaired) electrons. The number of hydrogen-bond donors (Lipinski definition) is 0. The zero-order valence-electron chi connectivity index (χ0n) is 19.0. The number of nitrogens with zero attached hydrogens (tertiary/aromatic N) is 1. The van der Waals surface area contributed by atoms with Gasteiger partial charge >= 0.3 is 7.12 Å².